The van der Waals surface area contributed by atoms with E-state index in [1.807, 2.05) is 12.1 Å². The molecule has 1 N–H and O–H groups in total. The van der Waals surface area contributed by atoms with E-state index in [9.17, 15) is 4.39 Å². The van der Waals surface area contributed by atoms with Crippen molar-refractivity contribution in [2.45, 2.75) is 38.6 Å². The summed E-state index contributed by atoms with van der Waals surface area (Å²) in [6.45, 7) is 5.60. The summed E-state index contributed by atoms with van der Waals surface area (Å²) < 4.78 is 13.1. The minimum atomic E-state index is -0.152. The Morgan fingerprint density at radius 3 is 2.55 bits per heavy atom. The second-order valence-corrected chi connectivity index (χ2v) is 6.44. The Morgan fingerprint density at radius 2 is 1.90 bits per heavy atom. The first kappa shape index (κ1) is 13.9. The van der Waals surface area contributed by atoms with Gasteiger partial charge in [-0.3, -0.25) is 0 Å². The monoisotopic (exact) mass is 276 g/mol. The zero-order chi connectivity index (χ0) is 13.9. The number of hydrogen-bond acceptors (Lipinski definition) is 2. The van der Waals surface area contributed by atoms with Crippen molar-refractivity contribution in [3.8, 4) is 0 Å². The SMILES string of the molecule is CCC1CC(NCC2CC2)CN(c2ccc(F)cc2)C1. The van der Waals surface area contributed by atoms with Crippen molar-refractivity contribution in [1.82, 2.24) is 5.32 Å². The second-order valence-electron chi connectivity index (χ2n) is 6.44. The highest BCUT2D eigenvalue weighted by molar-refractivity contribution is 5.47. The lowest BCUT2D eigenvalue weighted by molar-refractivity contribution is 0.324. The molecule has 3 rings (SSSR count). The fraction of sp³-hybridized carbons (Fsp3) is 0.647. The van der Waals surface area contributed by atoms with E-state index in [1.165, 1.54) is 32.2 Å². The molecule has 0 spiro atoms. The van der Waals surface area contributed by atoms with Crippen molar-refractivity contribution < 1.29 is 4.39 Å². The van der Waals surface area contributed by atoms with Gasteiger partial charge in [0.25, 0.3) is 0 Å². The van der Waals surface area contributed by atoms with Gasteiger partial charge in [-0.15, -0.1) is 0 Å². The van der Waals surface area contributed by atoms with Crippen LogP contribution in [0.1, 0.15) is 32.6 Å². The molecule has 110 valence electrons. The molecular formula is C17H25FN2. The molecule has 1 aliphatic carbocycles. The average Bonchev–Trinajstić information content (AvgIpc) is 3.30. The van der Waals surface area contributed by atoms with E-state index in [1.54, 1.807) is 12.1 Å². The summed E-state index contributed by atoms with van der Waals surface area (Å²) in [5.41, 5.74) is 1.16. The van der Waals surface area contributed by atoms with Crippen LogP contribution >= 0.6 is 0 Å². The average molecular weight is 276 g/mol. The van der Waals surface area contributed by atoms with Gasteiger partial charge >= 0.3 is 0 Å². The van der Waals surface area contributed by atoms with Gasteiger partial charge in [0, 0.05) is 24.8 Å². The zero-order valence-electron chi connectivity index (χ0n) is 12.3. The maximum Gasteiger partial charge on any atom is 0.123 e. The molecule has 1 saturated carbocycles. The van der Waals surface area contributed by atoms with Gasteiger partial charge in [0.05, 0.1) is 0 Å². The molecule has 1 saturated heterocycles. The number of nitrogens with zero attached hydrogens (tertiary/aromatic N) is 1. The lowest BCUT2D eigenvalue weighted by Gasteiger charge is -2.39. The highest BCUT2D eigenvalue weighted by atomic mass is 19.1. The van der Waals surface area contributed by atoms with Gasteiger partial charge in [-0.1, -0.05) is 13.3 Å². The topological polar surface area (TPSA) is 15.3 Å². The summed E-state index contributed by atoms with van der Waals surface area (Å²) in [6, 6.07) is 7.53. The third-order valence-corrected chi connectivity index (χ3v) is 4.70. The van der Waals surface area contributed by atoms with E-state index in [0.29, 0.717) is 6.04 Å². The summed E-state index contributed by atoms with van der Waals surface area (Å²) in [7, 11) is 0. The molecule has 3 heteroatoms. The van der Waals surface area contributed by atoms with Crippen LogP contribution in [0, 0.1) is 17.7 Å². The standard InChI is InChI=1S/C17H25FN2/c1-2-13-9-16(19-10-14-3-4-14)12-20(11-13)17-7-5-15(18)6-8-17/h5-8,13-14,16,19H,2-4,9-12H2,1H3. The predicted octanol–water partition coefficient (Wildman–Crippen LogP) is 3.43. The highest BCUT2D eigenvalue weighted by Gasteiger charge is 2.28. The second kappa shape index (κ2) is 6.13. The normalized spacial score (nSPS) is 26.8. The summed E-state index contributed by atoms with van der Waals surface area (Å²) in [4.78, 5) is 2.42. The van der Waals surface area contributed by atoms with Crippen LogP contribution in [0.25, 0.3) is 0 Å². The molecule has 0 radical (unpaired) electrons. The van der Waals surface area contributed by atoms with E-state index >= 15 is 0 Å². The zero-order valence-corrected chi connectivity index (χ0v) is 12.3. The van der Waals surface area contributed by atoms with E-state index in [4.69, 9.17) is 0 Å². The molecule has 0 bridgehead atoms. The Morgan fingerprint density at radius 1 is 1.15 bits per heavy atom. The Labute approximate surface area is 121 Å². The molecule has 0 aromatic heterocycles. The van der Waals surface area contributed by atoms with E-state index in [2.05, 4.69) is 17.1 Å². The van der Waals surface area contributed by atoms with Crippen molar-refractivity contribution in [3.63, 3.8) is 0 Å². The maximum absolute atomic E-state index is 13.1. The van der Waals surface area contributed by atoms with E-state index < -0.39 is 0 Å². The van der Waals surface area contributed by atoms with Gasteiger partial charge in [-0.05, 0) is 61.9 Å². The number of anilines is 1. The minimum Gasteiger partial charge on any atom is -0.370 e. The molecule has 2 aliphatic rings. The molecule has 1 aliphatic heterocycles. The summed E-state index contributed by atoms with van der Waals surface area (Å²) in [5, 5.41) is 3.74. The largest absolute Gasteiger partial charge is 0.370 e. The number of nitrogens with one attached hydrogen (secondary N) is 1. The molecule has 1 aromatic rings. The van der Waals surface area contributed by atoms with Crippen LogP contribution in [0.4, 0.5) is 10.1 Å². The first-order chi connectivity index (χ1) is 9.74. The van der Waals surface area contributed by atoms with Crippen LogP contribution < -0.4 is 10.2 Å². The van der Waals surface area contributed by atoms with Crippen LogP contribution in [0.2, 0.25) is 0 Å². The van der Waals surface area contributed by atoms with E-state index in [0.717, 1.165) is 30.6 Å². The summed E-state index contributed by atoms with van der Waals surface area (Å²) in [5.74, 6) is 1.52. The summed E-state index contributed by atoms with van der Waals surface area (Å²) >= 11 is 0. The lowest BCUT2D eigenvalue weighted by Crippen LogP contribution is -2.49. The fourth-order valence-corrected chi connectivity index (χ4v) is 3.17. The van der Waals surface area contributed by atoms with Gasteiger partial charge in [0.1, 0.15) is 5.82 Å². The van der Waals surface area contributed by atoms with Gasteiger partial charge < -0.3 is 10.2 Å². The number of benzene rings is 1. The van der Waals surface area contributed by atoms with Gasteiger partial charge in [-0.25, -0.2) is 4.39 Å². The first-order valence-corrected chi connectivity index (χ1v) is 7.98. The third kappa shape index (κ3) is 3.51. The Bertz CT molecular complexity index is 427. The Balaban J connectivity index is 1.64. The van der Waals surface area contributed by atoms with Crippen molar-refractivity contribution in [2.75, 3.05) is 24.5 Å². The third-order valence-electron chi connectivity index (χ3n) is 4.70. The van der Waals surface area contributed by atoms with Crippen molar-refractivity contribution in [2.24, 2.45) is 11.8 Å². The molecule has 2 atom stereocenters. The predicted molar refractivity (Wildman–Crippen MR) is 81.5 cm³/mol. The van der Waals surface area contributed by atoms with Crippen molar-refractivity contribution in [1.29, 1.82) is 0 Å². The molecule has 0 amide bonds. The molecule has 1 heterocycles. The quantitative estimate of drug-likeness (QED) is 0.886. The van der Waals surface area contributed by atoms with E-state index in [-0.39, 0.29) is 5.82 Å². The number of halogens is 1. The van der Waals surface area contributed by atoms with Crippen LogP contribution in [0.15, 0.2) is 24.3 Å². The number of hydrogen-bond donors (Lipinski definition) is 1. The van der Waals surface area contributed by atoms with Crippen LogP contribution in [-0.4, -0.2) is 25.7 Å². The fourth-order valence-electron chi connectivity index (χ4n) is 3.17. The molecule has 2 nitrogen and oxygen atoms in total. The van der Waals surface area contributed by atoms with Gasteiger partial charge in [-0.2, -0.15) is 0 Å². The lowest BCUT2D eigenvalue weighted by atomic mass is 9.91. The van der Waals surface area contributed by atoms with Crippen LogP contribution in [0.5, 0.6) is 0 Å². The molecule has 2 fully saturated rings. The molecule has 20 heavy (non-hydrogen) atoms. The van der Waals surface area contributed by atoms with Crippen LogP contribution in [-0.2, 0) is 0 Å². The summed E-state index contributed by atoms with van der Waals surface area (Å²) in [6.07, 6.45) is 5.30. The minimum absolute atomic E-state index is 0.152. The highest BCUT2D eigenvalue weighted by Crippen LogP contribution is 2.29. The molecular weight excluding hydrogens is 251 g/mol. The van der Waals surface area contributed by atoms with Gasteiger partial charge in [0.15, 0.2) is 0 Å². The van der Waals surface area contributed by atoms with Crippen molar-refractivity contribution >= 4 is 5.69 Å². The first-order valence-electron chi connectivity index (χ1n) is 7.98. The van der Waals surface area contributed by atoms with Gasteiger partial charge in [0.2, 0.25) is 0 Å². The van der Waals surface area contributed by atoms with Crippen LogP contribution in [0.3, 0.4) is 0 Å². The van der Waals surface area contributed by atoms with Crippen molar-refractivity contribution in [3.05, 3.63) is 30.1 Å². The number of piperidine rings is 1. The molecule has 1 aromatic carbocycles. The molecule has 2 unspecified atom stereocenters. The smallest absolute Gasteiger partial charge is 0.123 e. The Kier molecular flexibility index (Phi) is 4.25. The number of rotatable bonds is 5. The Hall–Kier alpha value is -1.09. The maximum atomic E-state index is 13.1.